The highest BCUT2D eigenvalue weighted by atomic mass is 35.5. The Bertz CT molecular complexity index is 826. The predicted octanol–water partition coefficient (Wildman–Crippen LogP) is 5.80. The Labute approximate surface area is 176 Å². The second-order valence-electron chi connectivity index (χ2n) is 7.21. The Morgan fingerprint density at radius 2 is 1.32 bits per heavy atom. The van der Waals surface area contributed by atoms with Gasteiger partial charge in [-0.25, -0.2) is 0 Å². The Morgan fingerprint density at radius 3 is 1.79 bits per heavy atom. The Morgan fingerprint density at radius 1 is 0.786 bits per heavy atom. The molecule has 0 amide bonds. The molecule has 28 heavy (non-hydrogen) atoms. The van der Waals surface area contributed by atoms with Crippen molar-refractivity contribution in [2.45, 2.75) is 25.7 Å². The van der Waals surface area contributed by atoms with Gasteiger partial charge in [0.15, 0.2) is 0 Å². The van der Waals surface area contributed by atoms with Crippen LogP contribution in [0.25, 0.3) is 0 Å². The van der Waals surface area contributed by atoms with E-state index in [1.807, 2.05) is 42.7 Å². The van der Waals surface area contributed by atoms with Gasteiger partial charge in [0.05, 0.1) is 6.17 Å². The van der Waals surface area contributed by atoms with Crippen molar-refractivity contribution >= 4 is 23.2 Å². The molecule has 0 saturated carbocycles. The number of rotatable bonds is 5. The number of pyridine rings is 1. The lowest BCUT2D eigenvalue weighted by Gasteiger charge is -2.44. The molecule has 0 aliphatic carbocycles. The molecule has 0 spiro atoms. The molecule has 0 N–H and O–H groups in total. The fourth-order valence-electron chi connectivity index (χ4n) is 3.88. The Balaban J connectivity index is 1.60. The zero-order chi connectivity index (χ0) is 19.3. The topological polar surface area (TPSA) is 19.4 Å². The summed E-state index contributed by atoms with van der Waals surface area (Å²) in [5, 5.41) is 1.55. The first-order valence-electron chi connectivity index (χ1n) is 9.56. The van der Waals surface area contributed by atoms with Crippen LogP contribution in [0.2, 0.25) is 10.0 Å². The van der Waals surface area contributed by atoms with Crippen LogP contribution in [0.15, 0.2) is 73.1 Å². The lowest BCUT2D eigenvalue weighted by atomic mass is 10.1. The minimum absolute atomic E-state index is 0.189. The van der Waals surface area contributed by atoms with E-state index < -0.39 is 0 Å². The van der Waals surface area contributed by atoms with Gasteiger partial charge in [-0.2, -0.15) is 0 Å². The summed E-state index contributed by atoms with van der Waals surface area (Å²) in [7, 11) is 0. The lowest BCUT2D eigenvalue weighted by molar-refractivity contribution is -0.00928. The summed E-state index contributed by atoms with van der Waals surface area (Å²) >= 11 is 12.1. The molecule has 3 aromatic rings. The molecule has 1 aliphatic rings. The Hall–Kier alpha value is -1.91. The normalized spacial score (nSPS) is 16.4. The molecule has 3 nitrogen and oxygen atoms in total. The lowest BCUT2D eigenvalue weighted by Crippen LogP contribution is -2.46. The van der Waals surface area contributed by atoms with Gasteiger partial charge in [0, 0.05) is 54.2 Å². The summed E-state index contributed by atoms with van der Waals surface area (Å²) in [4.78, 5) is 9.43. The van der Waals surface area contributed by atoms with Crippen molar-refractivity contribution in [3.63, 3.8) is 0 Å². The Kier molecular flexibility index (Phi) is 6.28. The van der Waals surface area contributed by atoms with Gasteiger partial charge in [-0.3, -0.25) is 14.8 Å². The van der Waals surface area contributed by atoms with Crippen molar-refractivity contribution < 1.29 is 0 Å². The van der Waals surface area contributed by atoms with Gasteiger partial charge in [0.2, 0.25) is 0 Å². The number of aromatic nitrogens is 1. The molecule has 1 aromatic heterocycles. The summed E-state index contributed by atoms with van der Waals surface area (Å²) in [6.07, 6.45) is 5.14. The zero-order valence-corrected chi connectivity index (χ0v) is 17.2. The molecule has 1 fully saturated rings. The van der Waals surface area contributed by atoms with Gasteiger partial charge < -0.3 is 0 Å². The molecular formula is C23H23Cl2N3. The highest BCUT2D eigenvalue weighted by molar-refractivity contribution is 6.30. The quantitative estimate of drug-likeness (QED) is 0.528. The van der Waals surface area contributed by atoms with Gasteiger partial charge in [-0.05, 0) is 47.9 Å². The van der Waals surface area contributed by atoms with Crippen molar-refractivity contribution in [3.05, 3.63) is 99.8 Å². The molecule has 4 rings (SSSR count). The van der Waals surface area contributed by atoms with Crippen LogP contribution in [0, 0.1) is 0 Å². The average molecular weight is 412 g/mol. The minimum Gasteiger partial charge on any atom is -0.280 e. The van der Waals surface area contributed by atoms with Crippen LogP contribution in [-0.4, -0.2) is 27.9 Å². The molecule has 1 aliphatic heterocycles. The fraction of sp³-hybridized carbons (Fsp3) is 0.261. The molecule has 2 heterocycles. The van der Waals surface area contributed by atoms with E-state index in [1.165, 1.54) is 16.7 Å². The molecule has 0 unspecified atom stereocenters. The van der Waals surface area contributed by atoms with Crippen LogP contribution < -0.4 is 0 Å². The summed E-state index contributed by atoms with van der Waals surface area (Å²) in [6, 6.07) is 20.5. The van der Waals surface area contributed by atoms with Gasteiger partial charge in [-0.1, -0.05) is 53.5 Å². The number of halogens is 2. The van der Waals surface area contributed by atoms with Crippen molar-refractivity contribution in [1.29, 1.82) is 0 Å². The van der Waals surface area contributed by atoms with E-state index in [0.29, 0.717) is 0 Å². The molecule has 0 atom stereocenters. The number of benzene rings is 2. The predicted molar refractivity (Wildman–Crippen MR) is 115 cm³/mol. The second kappa shape index (κ2) is 9.06. The highest BCUT2D eigenvalue weighted by Crippen LogP contribution is 2.32. The van der Waals surface area contributed by atoms with Crippen molar-refractivity contribution in [1.82, 2.24) is 14.8 Å². The van der Waals surface area contributed by atoms with E-state index in [1.54, 1.807) is 0 Å². The third-order valence-electron chi connectivity index (χ3n) is 5.16. The van der Waals surface area contributed by atoms with E-state index >= 15 is 0 Å². The summed E-state index contributed by atoms with van der Waals surface area (Å²) in [6.45, 7) is 3.88. The standard InChI is InChI=1S/C23H23Cl2N3/c24-21-8-4-18(5-9-21)16-27-13-2-14-28(17-19-6-10-22(25)11-7-19)23(27)20-3-1-12-26-15-20/h1,3-12,15,23H,2,13-14,16-17H2. The zero-order valence-electron chi connectivity index (χ0n) is 15.6. The first-order chi connectivity index (χ1) is 13.7. The molecular weight excluding hydrogens is 389 g/mol. The number of hydrogen-bond acceptors (Lipinski definition) is 3. The number of nitrogens with zero attached hydrogens (tertiary/aromatic N) is 3. The molecule has 1 saturated heterocycles. The van der Waals surface area contributed by atoms with Crippen molar-refractivity contribution in [3.8, 4) is 0 Å². The third-order valence-corrected chi connectivity index (χ3v) is 5.67. The molecule has 0 radical (unpaired) electrons. The average Bonchev–Trinajstić information content (AvgIpc) is 2.72. The maximum atomic E-state index is 6.06. The largest absolute Gasteiger partial charge is 0.280 e. The van der Waals surface area contributed by atoms with Crippen molar-refractivity contribution in [2.24, 2.45) is 0 Å². The monoisotopic (exact) mass is 411 g/mol. The SMILES string of the molecule is Clc1ccc(CN2CCCN(Cc3ccc(Cl)cc3)C2c2cccnc2)cc1. The van der Waals surface area contributed by atoms with Crippen LogP contribution in [0.4, 0.5) is 0 Å². The van der Waals surface area contributed by atoms with E-state index in [9.17, 15) is 0 Å². The summed E-state index contributed by atoms with van der Waals surface area (Å²) < 4.78 is 0. The number of hydrogen-bond donors (Lipinski definition) is 0. The van der Waals surface area contributed by atoms with Gasteiger partial charge in [0.25, 0.3) is 0 Å². The summed E-state index contributed by atoms with van der Waals surface area (Å²) in [5.74, 6) is 0. The first kappa shape index (κ1) is 19.4. The minimum atomic E-state index is 0.189. The molecule has 144 valence electrons. The first-order valence-corrected chi connectivity index (χ1v) is 10.3. The van der Waals surface area contributed by atoms with Crippen LogP contribution >= 0.6 is 23.2 Å². The smallest absolute Gasteiger partial charge is 0.0907 e. The maximum absolute atomic E-state index is 6.06. The second-order valence-corrected chi connectivity index (χ2v) is 8.08. The highest BCUT2D eigenvalue weighted by Gasteiger charge is 2.30. The van der Waals surface area contributed by atoms with Crippen LogP contribution in [-0.2, 0) is 13.1 Å². The van der Waals surface area contributed by atoms with E-state index in [-0.39, 0.29) is 6.17 Å². The summed E-state index contributed by atoms with van der Waals surface area (Å²) in [5.41, 5.74) is 3.77. The van der Waals surface area contributed by atoms with E-state index in [2.05, 4.69) is 45.1 Å². The van der Waals surface area contributed by atoms with Crippen LogP contribution in [0.1, 0.15) is 29.3 Å². The van der Waals surface area contributed by atoms with Gasteiger partial charge in [-0.15, -0.1) is 0 Å². The molecule has 2 aromatic carbocycles. The van der Waals surface area contributed by atoms with Crippen molar-refractivity contribution in [2.75, 3.05) is 13.1 Å². The van der Waals surface area contributed by atoms with Crippen LogP contribution in [0.5, 0.6) is 0 Å². The van der Waals surface area contributed by atoms with E-state index in [0.717, 1.165) is 42.6 Å². The molecule has 0 bridgehead atoms. The van der Waals surface area contributed by atoms with E-state index in [4.69, 9.17) is 23.2 Å². The van der Waals surface area contributed by atoms with Gasteiger partial charge in [0.1, 0.15) is 0 Å². The van der Waals surface area contributed by atoms with Gasteiger partial charge >= 0.3 is 0 Å². The fourth-order valence-corrected chi connectivity index (χ4v) is 4.13. The van der Waals surface area contributed by atoms with Crippen LogP contribution in [0.3, 0.4) is 0 Å². The molecule has 5 heteroatoms. The third kappa shape index (κ3) is 4.73. The maximum Gasteiger partial charge on any atom is 0.0907 e.